The minimum Gasteiger partial charge on any atom is -0.341 e. The molecule has 0 aromatic heterocycles. The molecule has 3 heteroatoms. The molecule has 0 fully saturated rings. The van der Waals surface area contributed by atoms with Crippen LogP contribution in [0.2, 0.25) is 0 Å². The molecule has 2 nitrogen and oxygen atoms in total. The van der Waals surface area contributed by atoms with Gasteiger partial charge in [0.2, 0.25) is 5.91 Å². The normalized spacial score (nSPS) is 12.7. The van der Waals surface area contributed by atoms with Crippen LogP contribution in [0.15, 0.2) is 0 Å². The lowest BCUT2D eigenvalue weighted by atomic mass is 10.3. The van der Waals surface area contributed by atoms with E-state index in [1.165, 1.54) is 0 Å². The zero-order valence-corrected chi connectivity index (χ0v) is 8.90. The second kappa shape index (κ2) is 6.30. The molecule has 0 aliphatic rings. The van der Waals surface area contributed by atoms with Gasteiger partial charge in [0.1, 0.15) is 5.38 Å². The van der Waals surface area contributed by atoms with Crippen LogP contribution in [0.1, 0.15) is 33.6 Å². The SMILES string of the molecule is CCCN(CCC)C(=O)C(C)Cl. The predicted octanol–water partition coefficient (Wildman–Crippen LogP) is 2.26. The lowest BCUT2D eigenvalue weighted by molar-refractivity contribution is -0.130. The van der Waals surface area contributed by atoms with Crippen LogP contribution in [0.25, 0.3) is 0 Å². The van der Waals surface area contributed by atoms with Crippen molar-refractivity contribution in [3.63, 3.8) is 0 Å². The van der Waals surface area contributed by atoms with Crippen LogP contribution in [-0.2, 0) is 4.79 Å². The molecule has 0 radical (unpaired) electrons. The van der Waals surface area contributed by atoms with Crippen LogP contribution < -0.4 is 0 Å². The first-order valence-corrected chi connectivity index (χ1v) is 5.00. The first-order valence-electron chi connectivity index (χ1n) is 4.56. The summed E-state index contributed by atoms with van der Waals surface area (Å²) in [6, 6.07) is 0. The molecule has 0 N–H and O–H groups in total. The molecule has 0 aromatic carbocycles. The van der Waals surface area contributed by atoms with Crippen LogP contribution in [0.4, 0.5) is 0 Å². The van der Waals surface area contributed by atoms with Gasteiger partial charge in [-0.3, -0.25) is 4.79 Å². The van der Waals surface area contributed by atoms with Crippen molar-refractivity contribution in [2.24, 2.45) is 0 Å². The third-order valence-electron chi connectivity index (χ3n) is 1.64. The summed E-state index contributed by atoms with van der Waals surface area (Å²) in [5.41, 5.74) is 0. The standard InChI is InChI=1S/C9H18ClNO/c1-4-6-11(7-5-2)9(12)8(3)10/h8H,4-7H2,1-3H3. The monoisotopic (exact) mass is 191 g/mol. The molecule has 0 aliphatic heterocycles. The summed E-state index contributed by atoms with van der Waals surface area (Å²) in [6.45, 7) is 7.50. The zero-order chi connectivity index (χ0) is 9.56. The van der Waals surface area contributed by atoms with E-state index in [1.54, 1.807) is 6.92 Å². The molecule has 72 valence electrons. The van der Waals surface area contributed by atoms with Crippen LogP contribution in [0.3, 0.4) is 0 Å². The molecule has 1 unspecified atom stereocenters. The summed E-state index contributed by atoms with van der Waals surface area (Å²) >= 11 is 5.70. The van der Waals surface area contributed by atoms with Gasteiger partial charge in [-0.2, -0.15) is 0 Å². The molecule has 0 rings (SSSR count). The van der Waals surface area contributed by atoms with Crippen molar-refractivity contribution < 1.29 is 4.79 Å². The van der Waals surface area contributed by atoms with Crippen molar-refractivity contribution in [1.82, 2.24) is 4.90 Å². The molecule has 0 saturated carbocycles. The molecule has 0 saturated heterocycles. The largest absolute Gasteiger partial charge is 0.341 e. The summed E-state index contributed by atoms with van der Waals surface area (Å²) in [5.74, 6) is 0.0559. The van der Waals surface area contributed by atoms with Gasteiger partial charge in [-0.15, -0.1) is 11.6 Å². The van der Waals surface area contributed by atoms with E-state index < -0.39 is 0 Å². The Labute approximate surface area is 79.9 Å². The molecule has 1 atom stereocenters. The van der Waals surface area contributed by atoms with E-state index in [2.05, 4.69) is 13.8 Å². The fourth-order valence-corrected chi connectivity index (χ4v) is 1.26. The Hall–Kier alpha value is -0.240. The summed E-state index contributed by atoms with van der Waals surface area (Å²) < 4.78 is 0. The number of carbonyl (C=O) groups is 1. The van der Waals surface area contributed by atoms with Crippen LogP contribution in [0.5, 0.6) is 0 Å². The molecule has 0 aromatic rings. The highest BCUT2D eigenvalue weighted by Crippen LogP contribution is 2.03. The number of carbonyl (C=O) groups excluding carboxylic acids is 1. The average Bonchev–Trinajstić information content (AvgIpc) is 2.03. The van der Waals surface area contributed by atoms with E-state index >= 15 is 0 Å². The fraction of sp³-hybridized carbons (Fsp3) is 0.889. The van der Waals surface area contributed by atoms with Gasteiger partial charge in [-0.25, -0.2) is 0 Å². The lowest BCUT2D eigenvalue weighted by Crippen LogP contribution is -2.36. The number of hydrogen-bond acceptors (Lipinski definition) is 1. The van der Waals surface area contributed by atoms with Crippen molar-refractivity contribution in [2.45, 2.75) is 39.0 Å². The highest BCUT2D eigenvalue weighted by Gasteiger charge is 2.16. The molecular formula is C9H18ClNO. The highest BCUT2D eigenvalue weighted by atomic mass is 35.5. The first kappa shape index (κ1) is 11.8. The molecule has 0 aliphatic carbocycles. The van der Waals surface area contributed by atoms with Gasteiger partial charge in [0.15, 0.2) is 0 Å². The van der Waals surface area contributed by atoms with Crippen molar-refractivity contribution in [1.29, 1.82) is 0 Å². The Morgan fingerprint density at radius 1 is 1.33 bits per heavy atom. The van der Waals surface area contributed by atoms with Gasteiger partial charge in [0.05, 0.1) is 0 Å². The predicted molar refractivity (Wildman–Crippen MR) is 52.5 cm³/mol. The van der Waals surface area contributed by atoms with Crippen molar-refractivity contribution in [3.05, 3.63) is 0 Å². The maximum atomic E-state index is 11.4. The van der Waals surface area contributed by atoms with Crippen molar-refractivity contribution in [2.75, 3.05) is 13.1 Å². The number of halogens is 1. The van der Waals surface area contributed by atoms with Crippen LogP contribution >= 0.6 is 11.6 Å². The van der Waals surface area contributed by atoms with Crippen molar-refractivity contribution >= 4 is 17.5 Å². The number of nitrogens with zero attached hydrogens (tertiary/aromatic N) is 1. The lowest BCUT2D eigenvalue weighted by Gasteiger charge is -2.22. The average molecular weight is 192 g/mol. The topological polar surface area (TPSA) is 20.3 Å². The van der Waals surface area contributed by atoms with Crippen molar-refractivity contribution in [3.8, 4) is 0 Å². The van der Waals surface area contributed by atoms with Gasteiger partial charge < -0.3 is 4.90 Å². The zero-order valence-electron chi connectivity index (χ0n) is 8.14. The van der Waals surface area contributed by atoms with E-state index in [0.29, 0.717) is 0 Å². The summed E-state index contributed by atoms with van der Waals surface area (Å²) in [5, 5.41) is -0.386. The first-order chi connectivity index (χ1) is 5.63. The Morgan fingerprint density at radius 3 is 2.00 bits per heavy atom. The van der Waals surface area contributed by atoms with Crippen LogP contribution in [-0.4, -0.2) is 29.3 Å². The Morgan fingerprint density at radius 2 is 1.75 bits per heavy atom. The highest BCUT2D eigenvalue weighted by molar-refractivity contribution is 6.30. The Balaban J connectivity index is 3.99. The molecule has 0 bridgehead atoms. The minimum absolute atomic E-state index is 0.0559. The van der Waals surface area contributed by atoms with Gasteiger partial charge in [0.25, 0.3) is 0 Å². The van der Waals surface area contributed by atoms with Gasteiger partial charge >= 0.3 is 0 Å². The molecule has 0 spiro atoms. The number of amides is 1. The molecule has 1 amide bonds. The Bertz CT molecular complexity index is 130. The van der Waals surface area contributed by atoms with E-state index in [1.807, 2.05) is 4.90 Å². The fourth-order valence-electron chi connectivity index (χ4n) is 1.12. The number of alkyl halides is 1. The third-order valence-corrected chi connectivity index (χ3v) is 1.83. The summed E-state index contributed by atoms with van der Waals surface area (Å²) in [4.78, 5) is 13.2. The molecule has 12 heavy (non-hydrogen) atoms. The van der Waals surface area contributed by atoms with E-state index in [0.717, 1.165) is 25.9 Å². The van der Waals surface area contributed by atoms with E-state index in [4.69, 9.17) is 11.6 Å². The quantitative estimate of drug-likeness (QED) is 0.611. The van der Waals surface area contributed by atoms with E-state index in [-0.39, 0.29) is 11.3 Å². The smallest absolute Gasteiger partial charge is 0.240 e. The van der Waals surface area contributed by atoms with E-state index in [9.17, 15) is 4.79 Å². The second-order valence-electron chi connectivity index (χ2n) is 2.94. The molecule has 0 heterocycles. The maximum Gasteiger partial charge on any atom is 0.240 e. The second-order valence-corrected chi connectivity index (χ2v) is 3.60. The number of rotatable bonds is 5. The number of hydrogen-bond donors (Lipinski definition) is 0. The third kappa shape index (κ3) is 3.96. The Kier molecular flexibility index (Phi) is 6.17. The van der Waals surface area contributed by atoms with Gasteiger partial charge in [-0.05, 0) is 19.8 Å². The van der Waals surface area contributed by atoms with Crippen LogP contribution in [0, 0.1) is 0 Å². The summed E-state index contributed by atoms with van der Waals surface area (Å²) in [7, 11) is 0. The minimum atomic E-state index is -0.386. The maximum absolute atomic E-state index is 11.4. The van der Waals surface area contributed by atoms with Gasteiger partial charge in [0, 0.05) is 13.1 Å². The molecular weight excluding hydrogens is 174 g/mol. The van der Waals surface area contributed by atoms with Gasteiger partial charge in [-0.1, -0.05) is 13.8 Å². The summed E-state index contributed by atoms with van der Waals surface area (Å²) in [6.07, 6.45) is 1.99.